The van der Waals surface area contributed by atoms with E-state index in [9.17, 15) is 23.2 Å². The molecule has 9 heteroatoms. The van der Waals surface area contributed by atoms with Crippen molar-refractivity contribution in [1.82, 2.24) is 9.97 Å². The number of amides is 1. The summed E-state index contributed by atoms with van der Waals surface area (Å²) in [4.78, 5) is 20.7. The lowest BCUT2D eigenvalue weighted by molar-refractivity contribution is -0.136. The van der Waals surface area contributed by atoms with Crippen LogP contribution in [0.4, 0.5) is 30.4 Å². The van der Waals surface area contributed by atoms with Gasteiger partial charge in [0, 0.05) is 6.07 Å². The molecule has 0 unspecified atom stereocenters. The number of halogens is 3. The van der Waals surface area contributed by atoms with E-state index in [4.69, 9.17) is 0 Å². The van der Waals surface area contributed by atoms with Crippen molar-refractivity contribution in [1.29, 1.82) is 5.26 Å². The Labute approximate surface area is 164 Å². The second-order valence-corrected chi connectivity index (χ2v) is 5.97. The lowest BCUT2D eigenvalue weighted by Crippen LogP contribution is -2.18. The van der Waals surface area contributed by atoms with Crippen molar-refractivity contribution in [3.05, 3.63) is 77.2 Å². The average Bonchev–Trinajstić information content (AvgIpc) is 2.67. The van der Waals surface area contributed by atoms with Gasteiger partial charge in [-0.3, -0.25) is 4.79 Å². The van der Waals surface area contributed by atoms with Crippen molar-refractivity contribution in [3.8, 4) is 6.07 Å². The summed E-state index contributed by atoms with van der Waals surface area (Å²) in [7, 11) is 0. The molecule has 3 rings (SSSR count). The number of benzene rings is 2. The largest absolute Gasteiger partial charge is 0.418 e. The van der Waals surface area contributed by atoms with Crippen molar-refractivity contribution >= 4 is 23.1 Å². The van der Waals surface area contributed by atoms with Crippen LogP contribution in [0.2, 0.25) is 0 Å². The quantitative estimate of drug-likeness (QED) is 0.668. The molecule has 0 aliphatic rings. The maximum absolute atomic E-state index is 13.1. The Morgan fingerprint density at radius 3 is 2.38 bits per heavy atom. The Balaban J connectivity index is 1.89. The van der Waals surface area contributed by atoms with E-state index in [1.54, 1.807) is 31.2 Å². The molecule has 146 valence electrons. The second kappa shape index (κ2) is 7.98. The highest BCUT2D eigenvalue weighted by atomic mass is 19.4. The molecule has 0 spiro atoms. The first-order chi connectivity index (χ1) is 13.8. The van der Waals surface area contributed by atoms with E-state index in [0.717, 1.165) is 12.1 Å². The minimum absolute atomic E-state index is 0.119. The minimum Gasteiger partial charge on any atom is -0.339 e. The molecule has 3 aromatic rings. The number of nitrogens with zero attached hydrogens (tertiary/aromatic N) is 3. The smallest absolute Gasteiger partial charge is 0.339 e. The highest BCUT2D eigenvalue weighted by Crippen LogP contribution is 2.34. The molecule has 6 nitrogen and oxygen atoms in total. The van der Waals surface area contributed by atoms with Gasteiger partial charge in [-0.2, -0.15) is 18.4 Å². The van der Waals surface area contributed by atoms with Crippen LogP contribution in [0.15, 0.2) is 54.6 Å². The van der Waals surface area contributed by atoms with Gasteiger partial charge in [-0.25, -0.2) is 9.97 Å². The van der Waals surface area contributed by atoms with Crippen LogP contribution in [0.5, 0.6) is 0 Å². The Kier molecular flexibility index (Phi) is 5.45. The normalized spacial score (nSPS) is 10.9. The van der Waals surface area contributed by atoms with Crippen LogP contribution < -0.4 is 10.6 Å². The molecule has 0 fully saturated rings. The molecular formula is C20H14F3N5O. The van der Waals surface area contributed by atoms with Gasteiger partial charge in [-0.15, -0.1) is 0 Å². The van der Waals surface area contributed by atoms with Crippen LogP contribution in [-0.4, -0.2) is 15.9 Å². The summed E-state index contributed by atoms with van der Waals surface area (Å²) in [5.41, 5.74) is -0.604. The van der Waals surface area contributed by atoms with E-state index < -0.39 is 17.6 Å². The Morgan fingerprint density at radius 2 is 1.69 bits per heavy atom. The van der Waals surface area contributed by atoms with Gasteiger partial charge in [0.1, 0.15) is 23.4 Å². The van der Waals surface area contributed by atoms with E-state index >= 15 is 0 Å². The predicted molar refractivity (Wildman–Crippen MR) is 101 cm³/mol. The first kappa shape index (κ1) is 19.8. The molecule has 2 aromatic carbocycles. The number of hydrogen-bond donors (Lipinski definition) is 2. The summed E-state index contributed by atoms with van der Waals surface area (Å²) in [6.45, 7) is 1.54. The molecule has 2 N–H and O–H groups in total. The molecule has 29 heavy (non-hydrogen) atoms. The van der Waals surface area contributed by atoms with Crippen LogP contribution in [-0.2, 0) is 6.18 Å². The molecule has 0 radical (unpaired) electrons. The fourth-order valence-electron chi connectivity index (χ4n) is 2.60. The van der Waals surface area contributed by atoms with Crippen LogP contribution in [0.25, 0.3) is 0 Å². The van der Waals surface area contributed by atoms with Gasteiger partial charge in [-0.05, 0) is 31.2 Å². The standard InChI is InChI=1S/C20H14F3N5O/c1-12-25-17(10-18(26-12)27-15-8-4-2-6-13(15)11-24)19(29)28-16-9-5-3-7-14(16)20(21,22)23/h2-10H,1H3,(H,28,29)(H,25,26,27). The summed E-state index contributed by atoms with van der Waals surface area (Å²) in [6.07, 6.45) is -4.61. The van der Waals surface area contributed by atoms with E-state index in [0.29, 0.717) is 11.3 Å². The van der Waals surface area contributed by atoms with Gasteiger partial charge in [0.2, 0.25) is 0 Å². The number of para-hydroxylation sites is 2. The number of aryl methyl sites for hydroxylation is 1. The van der Waals surface area contributed by atoms with Crippen LogP contribution >= 0.6 is 0 Å². The third-order valence-corrected chi connectivity index (χ3v) is 3.86. The number of anilines is 3. The van der Waals surface area contributed by atoms with Crippen molar-refractivity contribution < 1.29 is 18.0 Å². The minimum atomic E-state index is -4.61. The molecule has 1 aromatic heterocycles. The molecule has 1 heterocycles. The lowest BCUT2D eigenvalue weighted by Gasteiger charge is -2.14. The molecule has 0 saturated heterocycles. The van der Waals surface area contributed by atoms with E-state index in [-0.39, 0.29) is 23.0 Å². The zero-order valence-corrected chi connectivity index (χ0v) is 15.1. The fraction of sp³-hybridized carbons (Fsp3) is 0.100. The first-order valence-corrected chi connectivity index (χ1v) is 8.37. The summed E-state index contributed by atoms with van der Waals surface area (Å²) in [5.74, 6) is -0.350. The average molecular weight is 397 g/mol. The summed E-state index contributed by atoms with van der Waals surface area (Å²) in [6, 6.07) is 14.7. The Hall–Kier alpha value is -3.93. The highest BCUT2D eigenvalue weighted by molar-refractivity contribution is 6.03. The molecule has 0 saturated carbocycles. The Morgan fingerprint density at radius 1 is 1.03 bits per heavy atom. The van der Waals surface area contributed by atoms with Crippen molar-refractivity contribution in [3.63, 3.8) is 0 Å². The zero-order valence-electron chi connectivity index (χ0n) is 15.1. The SMILES string of the molecule is Cc1nc(Nc2ccccc2C#N)cc(C(=O)Nc2ccccc2C(F)(F)F)n1. The van der Waals surface area contributed by atoms with Crippen LogP contribution in [0, 0.1) is 18.3 Å². The number of carbonyl (C=O) groups excluding carboxylic acids is 1. The molecule has 0 bridgehead atoms. The molecule has 0 atom stereocenters. The van der Waals surface area contributed by atoms with E-state index in [2.05, 4.69) is 20.6 Å². The monoisotopic (exact) mass is 397 g/mol. The van der Waals surface area contributed by atoms with Gasteiger partial charge in [0.15, 0.2) is 0 Å². The second-order valence-electron chi connectivity index (χ2n) is 5.97. The molecule has 1 amide bonds. The number of hydrogen-bond acceptors (Lipinski definition) is 5. The van der Waals surface area contributed by atoms with Crippen molar-refractivity contribution in [2.24, 2.45) is 0 Å². The summed E-state index contributed by atoms with van der Waals surface area (Å²) < 4.78 is 39.4. The van der Waals surface area contributed by atoms with Crippen molar-refractivity contribution in [2.75, 3.05) is 10.6 Å². The number of nitrogens with one attached hydrogen (secondary N) is 2. The first-order valence-electron chi connectivity index (χ1n) is 8.37. The number of rotatable bonds is 4. The fourth-order valence-corrected chi connectivity index (χ4v) is 2.60. The summed E-state index contributed by atoms with van der Waals surface area (Å²) in [5, 5.41) is 14.3. The van der Waals surface area contributed by atoms with Crippen molar-refractivity contribution in [2.45, 2.75) is 13.1 Å². The maximum atomic E-state index is 13.1. The molecule has 0 aliphatic heterocycles. The predicted octanol–water partition coefficient (Wildman–Crippen LogP) is 4.67. The van der Waals surface area contributed by atoms with Gasteiger partial charge >= 0.3 is 6.18 Å². The van der Waals surface area contributed by atoms with E-state index in [1.165, 1.54) is 18.2 Å². The van der Waals surface area contributed by atoms with Gasteiger partial charge in [-0.1, -0.05) is 24.3 Å². The van der Waals surface area contributed by atoms with E-state index in [1.807, 2.05) is 6.07 Å². The molecule has 0 aliphatic carbocycles. The Bertz CT molecular complexity index is 1110. The third kappa shape index (κ3) is 4.68. The highest BCUT2D eigenvalue weighted by Gasteiger charge is 2.33. The van der Waals surface area contributed by atoms with Gasteiger partial charge in [0.25, 0.3) is 5.91 Å². The number of carbonyl (C=O) groups is 1. The number of aromatic nitrogens is 2. The van der Waals surface area contributed by atoms with Crippen LogP contribution in [0.1, 0.15) is 27.4 Å². The summed E-state index contributed by atoms with van der Waals surface area (Å²) >= 11 is 0. The van der Waals surface area contributed by atoms with Gasteiger partial charge < -0.3 is 10.6 Å². The van der Waals surface area contributed by atoms with Crippen LogP contribution in [0.3, 0.4) is 0 Å². The lowest BCUT2D eigenvalue weighted by atomic mass is 10.1. The maximum Gasteiger partial charge on any atom is 0.418 e. The molecular weight excluding hydrogens is 383 g/mol. The zero-order chi connectivity index (χ0) is 21.0. The number of alkyl halides is 3. The topological polar surface area (TPSA) is 90.7 Å². The van der Waals surface area contributed by atoms with Gasteiger partial charge in [0.05, 0.1) is 22.5 Å². The number of nitriles is 1. The third-order valence-electron chi connectivity index (χ3n) is 3.86.